The van der Waals surface area contributed by atoms with Crippen molar-refractivity contribution in [1.29, 1.82) is 0 Å². The number of carbonyl (C=O) groups excluding carboxylic acids is 1. The second-order valence-corrected chi connectivity index (χ2v) is 8.06. The number of nitrogens with zero attached hydrogens (tertiary/aromatic N) is 3. The van der Waals surface area contributed by atoms with Crippen LogP contribution in [0.25, 0.3) is 0 Å². The largest absolute Gasteiger partial charge is 0.444 e. The summed E-state index contributed by atoms with van der Waals surface area (Å²) < 4.78 is 5.58. The molecule has 6 nitrogen and oxygen atoms in total. The van der Waals surface area contributed by atoms with Gasteiger partial charge in [-0.05, 0) is 46.1 Å². The highest BCUT2D eigenvalue weighted by Gasteiger charge is 2.34. The predicted molar refractivity (Wildman–Crippen MR) is 103 cm³/mol. The maximum absolute atomic E-state index is 12.5. The summed E-state index contributed by atoms with van der Waals surface area (Å²) in [5.41, 5.74) is 3.00. The lowest BCUT2D eigenvalue weighted by molar-refractivity contribution is 0.0181. The summed E-state index contributed by atoms with van der Waals surface area (Å²) in [5.74, 6) is 1.18. The molecule has 1 saturated heterocycles. The maximum Gasteiger partial charge on any atom is 0.410 e. The lowest BCUT2D eigenvalue weighted by Crippen LogP contribution is -2.45. The SMILES string of the molecule is CC(C)(C)OC(=O)N1CCC[C@@H](C2=CCC=C3C=Nc4[nH]ccc4N32)C1. The van der Waals surface area contributed by atoms with Crippen LogP contribution in [0.2, 0.25) is 0 Å². The fourth-order valence-electron chi connectivity index (χ4n) is 3.85. The van der Waals surface area contributed by atoms with Crippen LogP contribution < -0.4 is 4.90 Å². The van der Waals surface area contributed by atoms with Crippen LogP contribution in [-0.4, -0.2) is 40.9 Å². The minimum atomic E-state index is -0.465. The van der Waals surface area contributed by atoms with Crippen molar-refractivity contribution < 1.29 is 9.53 Å². The Morgan fingerprint density at radius 1 is 1.35 bits per heavy atom. The average Bonchev–Trinajstić information content (AvgIpc) is 3.09. The van der Waals surface area contributed by atoms with Gasteiger partial charge in [-0.25, -0.2) is 9.79 Å². The van der Waals surface area contributed by atoms with Crippen LogP contribution in [0.4, 0.5) is 16.3 Å². The number of allylic oxidation sites excluding steroid dienone is 3. The van der Waals surface area contributed by atoms with Crippen molar-refractivity contribution in [3.05, 3.63) is 35.8 Å². The molecule has 1 aromatic heterocycles. The number of hydrogen-bond donors (Lipinski definition) is 1. The molecule has 1 amide bonds. The number of aliphatic imine (C=N–C) groups is 1. The van der Waals surface area contributed by atoms with E-state index < -0.39 is 5.60 Å². The van der Waals surface area contributed by atoms with E-state index >= 15 is 0 Å². The lowest BCUT2D eigenvalue weighted by atomic mass is 9.91. The van der Waals surface area contributed by atoms with Gasteiger partial charge in [-0.3, -0.25) is 0 Å². The molecule has 0 saturated carbocycles. The van der Waals surface area contributed by atoms with E-state index in [1.54, 1.807) is 0 Å². The summed E-state index contributed by atoms with van der Waals surface area (Å²) in [6.45, 7) is 7.19. The zero-order valence-corrected chi connectivity index (χ0v) is 15.7. The third kappa shape index (κ3) is 3.16. The summed E-state index contributed by atoms with van der Waals surface area (Å²) in [6.07, 6.45) is 11.1. The second kappa shape index (κ2) is 6.34. The Bertz CT molecular complexity index is 797. The maximum atomic E-state index is 12.5. The van der Waals surface area contributed by atoms with Crippen molar-refractivity contribution in [2.75, 3.05) is 18.0 Å². The van der Waals surface area contributed by atoms with Crippen LogP contribution in [0, 0.1) is 5.92 Å². The van der Waals surface area contributed by atoms with Crippen LogP contribution >= 0.6 is 0 Å². The predicted octanol–water partition coefficient (Wildman–Crippen LogP) is 4.36. The highest BCUT2D eigenvalue weighted by Crippen LogP contribution is 2.41. The van der Waals surface area contributed by atoms with Crippen LogP contribution in [0.1, 0.15) is 40.0 Å². The van der Waals surface area contributed by atoms with Gasteiger partial charge in [0.15, 0.2) is 5.82 Å². The molecule has 6 heteroatoms. The molecule has 0 unspecified atom stereocenters. The molecule has 3 aliphatic rings. The molecule has 4 heterocycles. The molecule has 1 aromatic rings. The zero-order chi connectivity index (χ0) is 18.3. The van der Waals surface area contributed by atoms with E-state index in [4.69, 9.17) is 4.74 Å². The smallest absolute Gasteiger partial charge is 0.410 e. The number of aromatic nitrogens is 1. The van der Waals surface area contributed by atoms with E-state index in [1.165, 1.54) is 5.70 Å². The molecule has 26 heavy (non-hydrogen) atoms. The van der Waals surface area contributed by atoms with Gasteiger partial charge in [-0.2, -0.15) is 0 Å². The van der Waals surface area contributed by atoms with Gasteiger partial charge >= 0.3 is 6.09 Å². The number of carbonyl (C=O) groups is 1. The Labute approximate surface area is 154 Å². The minimum Gasteiger partial charge on any atom is -0.444 e. The van der Waals surface area contributed by atoms with E-state index in [1.807, 2.05) is 38.1 Å². The first-order valence-electron chi connectivity index (χ1n) is 9.32. The minimum absolute atomic E-state index is 0.211. The number of fused-ring (bicyclic) bond motifs is 3. The van der Waals surface area contributed by atoms with E-state index in [0.717, 1.165) is 43.0 Å². The van der Waals surface area contributed by atoms with Gasteiger partial charge in [-0.15, -0.1) is 0 Å². The van der Waals surface area contributed by atoms with Crippen molar-refractivity contribution in [3.63, 3.8) is 0 Å². The molecule has 1 fully saturated rings. The summed E-state index contributed by atoms with van der Waals surface area (Å²) in [6, 6.07) is 2.06. The van der Waals surface area contributed by atoms with Gasteiger partial charge in [0.1, 0.15) is 5.60 Å². The number of ether oxygens (including phenoxy) is 1. The number of aromatic amines is 1. The number of likely N-dealkylation sites (tertiary alicyclic amines) is 1. The molecule has 1 atom stereocenters. The molecule has 4 rings (SSSR count). The van der Waals surface area contributed by atoms with E-state index in [2.05, 4.69) is 33.1 Å². The van der Waals surface area contributed by atoms with Gasteiger partial charge in [0.2, 0.25) is 0 Å². The van der Waals surface area contributed by atoms with Crippen molar-refractivity contribution in [1.82, 2.24) is 9.88 Å². The molecule has 3 aliphatic heterocycles. The highest BCUT2D eigenvalue weighted by molar-refractivity contribution is 5.94. The van der Waals surface area contributed by atoms with E-state index in [-0.39, 0.29) is 6.09 Å². The third-order valence-corrected chi connectivity index (χ3v) is 4.93. The molecule has 1 N–H and O–H groups in total. The average molecular weight is 354 g/mol. The lowest BCUT2D eigenvalue weighted by Gasteiger charge is -2.40. The zero-order valence-electron chi connectivity index (χ0n) is 15.7. The van der Waals surface area contributed by atoms with Gasteiger partial charge < -0.3 is 19.5 Å². The number of hydrogen-bond acceptors (Lipinski definition) is 4. The normalized spacial score (nSPS) is 22.3. The summed E-state index contributed by atoms with van der Waals surface area (Å²) in [4.78, 5) is 24.3. The fraction of sp³-hybridized carbons (Fsp3) is 0.500. The first-order chi connectivity index (χ1) is 12.4. The molecule has 0 aromatic carbocycles. The molecule has 0 bridgehead atoms. The number of anilines is 1. The van der Waals surface area contributed by atoms with Crippen molar-refractivity contribution in [3.8, 4) is 0 Å². The first-order valence-corrected chi connectivity index (χ1v) is 9.32. The third-order valence-electron chi connectivity index (χ3n) is 4.93. The molecule has 0 radical (unpaired) electrons. The van der Waals surface area contributed by atoms with Crippen LogP contribution in [0.5, 0.6) is 0 Å². The fourth-order valence-corrected chi connectivity index (χ4v) is 3.85. The standard InChI is InChI=1S/C20H26N4O2/c1-20(2,3)26-19(25)23-11-5-6-14(13-23)16-8-4-7-15-12-22-18-17(24(15)16)9-10-21-18/h7-10,12,14,21H,4-6,11,13H2,1-3H3/t14-/m1/s1. The van der Waals surface area contributed by atoms with Crippen molar-refractivity contribution in [2.45, 2.75) is 45.6 Å². The number of piperidine rings is 1. The Hall–Kier alpha value is -2.50. The number of rotatable bonds is 1. The Morgan fingerprint density at radius 3 is 3.00 bits per heavy atom. The number of nitrogens with one attached hydrogen (secondary N) is 1. The molecular weight excluding hydrogens is 328 g/mol. The summed E-state index contributed by atoms with van der Waals surface area (Å²) in [7, 11) is 0. The molecule has 0 aliphatic carbocycles. The van der Waals surface area contributed by atoms with Crippen LogP contribution in [-0.2, 0) is 4.74 Å². The van der Waals surface area contributed by atoms with E-state index in [9.17, 15) is 4.79 Å². The number of amides is 1. The number of H-pyrrole nitrogens is 1. The molecule has 0 spiro atoms. The summed E-state index contributed by atoms with van der Waals surface area (Å²) in [5, 5.41) is 0. The summed E-state index contributed by atoms with van der Waals surface area (Å²) >= 11 is 0. The van der Waals surface area contributed by atoms with Crippen LogP contribution in [0.3, 0.4) is 0 Å². The van der Waals surface area contributed by atoms with Gasteiger partial charge in [0.25, 0.3) is 0 Å². The van der Waals surface area contributed by atoms with Gasteiger partial charge in [0.05, 0.1) is 17.6 Å². The topological polar surface area (TPSA) is 60.9 Å². The Morgan fingerprint density at radius 2 is 2.19 bits per heavy atom. The molecule has 138 valence electrons. The molecular formula is C20H26N4O2. The highest BCUT2D eigenvalue weighted by atomic mass is 16.6. The van der Waals surface area contributed by atoms with Crippen molar-refractivity contribution >= 4 is 23.8 Å². The van der Waals surface area contributed by atoms with Crippen molar-refractivity contribution in [2.24, 2.45) is 10.9 Å². The quantitative estimate of drug-likeness (QED) is 0.815. The van der Waals surface area contributed by atoms with Gasteiger partial charge in [-0.1, -0.05) is 12.2 Å². The second-order valence-electron chi connectivity index (χ2n) is 8.06. The Kier molecular flexibility index (Phi) is 4.13. The van der Waals surface area contributed by atoms with E-state index in [0.29, 0.717) is 12.5 Å². The van der Waals surface area contributed by atoms with Crippen LogP contribution in [0.15, 0.2) is 40.8 Å². The Balaban J connectivity index is 1.55. The first kappa shape index (κ1) is 16.9. The van der Waals surface area contributed by atoms with Gasteiger partial charge in [0, 0.05) is 30.9 Å². The monoisotopic (exact) mass is 354 g/mol.